The second kappa shape index (κ2) is 4.51. The highest BCUT2D eigenvalue weighted by Gasteiger charge is 2.10. The molecule has 0 bridgehead atoms. The van der Waals surface area contributed by atoms with Crippen LogP contribution in [0.15, 0.2) is 29.6 Å². The van der Waals surface area contributed by atoms with E-state index in [0.717, 1.165) is 5.56 Å². The number of nitrogens with one attached hydrogen (secondary N) is 1. The molecule has 3 N–H and O–H groups in total. The first-order valence-electron chi connectivity index (χ1n) is 4.89. The molecule has 1 heterocycles. The lowest BCUT2D eigenvalue weighted by atomic mass is 10.2. The number of hydrogen-bond donors (Lipinski definition) is 2. The molecule has 0 aliphatic heterocycles. The van der Waals surface area contributed by atoms with E-state index in [-0.39, 0.29) is 6.03 Å². The highest BCUT2D eigenvalue weighted by atomic mass is 32.1. The zero-order valence-electron chi connectivity index (χ0n) is 8.93. The smallest absolute Gasteiger partial charge is 0.322 e. The number of amides is 2. The fourth-order valence-corrected chi connectivity index (χ4v) is 2.55. The molecule has 0 atom stereocenters. The van der Waals surface area contributed by atoms with Crippen LogP contribution in [0.3, 0.4) is 0 Å². The average Bonchev–Trinajstić information content (AvgIpc) is 2.72. The number of fused-ring (bicyclic) bond motifs is 1. The van der Waals surface area contributed by atoms with Gasteiger partial charge in [-0.1, -0.05) is 18.2 Å². The van der Waals surface area contributed by atoms with E-state index in [2.05, 4.69) is 22.9 Å². The molecule has 2 aromatic rings. The van der Waals surface area contributed by atoms with Crippen LogP contribution in [0.4, 0.5) is 4.79 Å². The summed E-state index contributed by atoms with van der Waals surface area (Å²) < 4.78 is 1.24. The number of urea groups is 1. The molecule has 4 nitrogen and oxygen atoms in total. The SMILES string of the molecule is CN(Cc1csc2ccccc12)C(=O)NN. The maximum absolute atomic E-state index is 11.3. The first-order chi connectivity index (χ1) is 7.72. The van der Waals surface area contributed by atoms with Crippen molar-refractivity contribution in [1.82, 2.24) is 10.3 Å². The van der Waals surface area contributed by atoms with Gasteiger partial charge in [0.1, 0.15) is 0 Å². The Hall–Kier alpha value is -1.59. The van der Waals surface area contributed by atoms with Crippen molar-refractivity contribution in [1.29, 1.82) is 0 Å². The third kappa shape index (κ3) is 2.00. The monoisotopic (exact) mass is 235 g/mol. The minimum atomic E-state index is -0.282. The van der Waals surface area contributed by atoms with Gasteiger partial charge in [-0.2, -0.15) is 0 Å². The van der Waals surface area contributed by atoms with Gasteiger partial charge < -0.3 is 4.90 Å². The summed E-state index contributed by atoms with van der Waals surface area (Å²) in [7, 11) is 1.72. The number of nitrogens with zero attached hydrogens (tertiary/aromatic N) is 1. The van der Waals surface area contributed by atoms with Crippen LogP contribution < -0.4 is 11.3 Å². The largest absolute Gasteiger partial charge is 0.331 e. The van der Waals surface area contributed by atoms with Gasteiger partial charge in [0.05, 0.1) is 0 Å². The lowest BCUT2D eigenvalue weighted by Crippen LogP contribution is -2.40. The molecule has 0 aliphatic carbocycles. The minimum absolute atomic E-state index is 0.282. The summed E-state index contributed by atoms with van der Waals surface area (Å²) in [4.78, 5) is 12.8. The van der Waals surface area contributed by atoms with Crippen molar-refractivity contribution in [3.63, 3.8) is 0 Å². The normalized spacial score (nSPS) is 10.4. The fourth-order valence-electron chi connectivity index (χ4n) is 1.59. The third-order valence-electron chi connectivity index (χ3n) is 2.44. The van der Waals surface area contributed by atoms with Crippen LogP contribution in [0.1, 0.15) is 5.56 Å². The van der Waals surface area contributed by atoms with Gasteiger partial charge >= 0.3 is 6.03 Å². The van der Waals surface area contributed by atoms with E-state index < -0.39 is 0 Å². The fraction of sp³-hybridized carbons (Fsp3) is 0.182. The first-order valence-corrected chi connectivity index (χ1v) is 5.77. The molecule has 0 saturated carbocycles. The van der Waals surface area contributed by atoms with Crippen molar-refractivity contribution in [2.24, 2.45) is 5.84 Å². The molecular weight excluding hydrogens is 222 g/mol. The highest BCUT2D eigenvalue weighted by molar-refractivity contribution is 7.17. The topological polar surface area (TPSA) is 58.4 Å². The van der Waals surface area contributed by atoms with E-state index >= 15 is 0 Å². The zero-order chi connectivity index (χ0) is 11.5. The Morgan fingerprint density at radius 3 is 3.00 bits per heavy atom. The van der Waals surface area contributed by atoms with Gasteiger partial charge in [0, 0.05) is 18.3 Å². The number of hydrazine groups is 1. The van der Waals surface area contributed by atoms with E-state index in [1.54, 1.807) is 23.3 Å². The van der Waals surface area contributed by atoms with Gasteiger partial charge in [0.2, 0.25) is 0 Å². The summed E-state index contributed by atoms with van der Waals surface area (Å²) in [6, 6.07) is 7.87. The van der Waals surface area contributed by atoms with E-state index in [9.17, 15) is 4.79 Å². The van der Waals surface area contributed by atoms with E-state index in [4.69, 9.17) is 5.84 Å². The number of nitrogens with two attached hydrogens (primary N) is 1. The summed E-state index contributed by atoms with van der Waals surface area (Å²) in [5.41, 5.74) is 3.26. The molecule has 0 radical (unpaired) electrons. The van der Waals surface area contributed by atoms with Gasteiger partial charge in [-0.05, 0) is 22.4 Å². The molecule has 0 saturated heterocycles. The van der Waals surface area contributed by atoms with Crippen LogP contribution in [0.25, 0.3) is 10.1 Å². The second-order valence-corrected chi connectivity index (χ2v) is 4.47. The molecule has 0 unspecified atom stereocenters. The van der Waals surface area contributed by atoms with Gasteiger partial charge in [0.25, 0.3) is 0 Å². The summed E-state index contributed by atoms with van der Waals surface area (Å²) in [6.45, 7) is 0.563. The molecule has 0 fully saturated rings. The molecular formula is C11H13N3OS. The lowest BCUT2D eigenvalue weighted by molar-refractivity contribution is 0.207. The number of carbonyl (C=O) groups excluding carboxylic acids is 1. The van der Waals surface area contributed by atoms with Crippen molar-refractivity contribution in [2.45, 2.75) is 6.54 Å². The van der Waals surface area contributed by atoms with Crippen molar-refractivity contribution >= 4 is 27.5 Å². The Morgan fingerprint density at radius 1 is 1.50 bits per heavy atom. The predicted molar refractivity (Wildman–Crippen MR) is 66.0 cm³/mol. The third-order valence-corrected chi connectivity index (χ3v) is 3.45. The van der Waals surface area contributed by atoms with Crippen molar-refractivity contribution in [3.8, 4) is 0 Å². The number of carbonyl (C=O) groups is 1. The van der Waals surface area contributed by atoms with Crippen molar-refractivity contribution < 1.29 is 4.79 Å². The second-order valence-electron chi connectivity index (χ2n) is 3.56. The van der Waals surface area contributed by atoms with Gasteiger partial charge in [0.15, 0.2) is 0 Å². The van der Waals surface area contributed by atoms with Crippen molar-refractivity contribution in [2.75, 3.05) is 7.05 Å². The van der Waals surface area contributed by atoms with E-state index in [1.807, 2.05) is 12.1 Å². The van der Waals surface area contributed by atoms with Gasteiger partial charge in [-0.15, -0.1) is 11.3 Å². The average molecular weight is 235 g/mol. The van der Waals surface area contributed by atoms with Gasteiger partial charge in [-0.3, -0.25) is 5.43 Å². The first kappa shape index (κ1) is 10.9. The number of thiophene rings is 1. The molecule has 2 rings (SSSR count). The summed E-state index contributed by atoms with van der Waals surface area (Å²) in [5, 5.41) is 3.27. The molecule has 0 spiro atoms. The quantitative estimate of drug-likeness (QED) is 0.474. The predicted octanol–water partition coefficient (Wildman–Crippen LogP) is 1.92. The minimum Gasteiger partial charge on any atom is -0.322 e. The maximum Gasteiger partial charge on any atom is 0.331 e. The molecule has 1 aromatic carbocycles. The molecule has 2 amide bonds. The Kier molecular flexibility index (Phi) is 3.07. The van der Waals surface area contributed by atoms with E-state index in [1.165, 1.54) is 10.1 Å². The van der Waals surface area contributed by atoms with Crippen LogP contribution in [0, 0.1) is 0 Å². The zero-order valence-corrected chi connectivity index (χ0v) is 9.75. The van der Waals surface area contributed by atoms with Crippen LogP contribution in [0.5, 0.6) is 0 Å². The molecule has 84 valence electrons. The molecule has 1 aromatic heterocycles. The van der Waals surface area contributed by atoms with Crippen LogP contribution >= 0.6 is 11.3 Å². The molecule has 5 heteroatoms. The summed E-state index contributed by atoms with van der Waals surface area (Å²) in [6.07, 6.45) is 0. The lowest BCUT2D eigenvalue weighted by Gasteiger charge is -2.15. The van der Waals surface area contributed by atoms with Crippen LogP contribution in [-0.2, 0) is 6.54 Å². The van der Waals surface area contributed by atoms with Crippen LogP contribution in [0.2, 0.25) is 0 Å². The van der Waals surface area contributed by atoms with E-state index in [0.29, 0.717) is 6.54 Å². The Morgan fingerprint density at radius 2 is 2.25 bits per heavy atom. The summed E-state index contributed by atoms with van der Waals surface area (Å²) >= 11 is 1.69. The molecule has 16 heavy (non-hydrogen) atoms. The summed E-state index contributed by atoms with van der Waals surface area (Å²) in [5.74, 6) is 5.08. The number of rotatable bonds is 2. The maximum atomic E-state index is 11.3. The Labute approximate surface area is 97.6 Å². The van der Waals surface area contributed by atoms with Crippen LogP contribution in [-0.4, -0.2) is 18.0 Å². The Bertz CT molecular complexity index is 509. The van der Waals surface area contributed by atoms with Crippen molar-refractivity contribution in [3.05, 3.63) is 35.2 Å². The molecule has 0 aliphatic rings. The standard InChI is InChI=1S/C11H13N3OS/c1-14(11(15)13-12)6-8-7-16-10-5-3-2-4-9(8)10/h2-5,7H,6,12H2,1H3,(H,13,15). The highest BCUT2D eigenvalue weighted by Crippen LogP contribution is 2.26. The number of hydrogen-bond acceptors (Lipinski definition) is 3. The Balaban J connectivity index is 2.24. The van der Waals surface area contributed by atoms with Gasteiger partial charge in [-0.25, -0.2) is 10.6 Å². The number of benzene rings is 1.